The number of aliphatic carboxylic acids is 1. The van der Waals surface area contributed by atoms with Gasteiger partial charge in [0.2, 0.25) is 5.91 Å². The Hall–Kier alpha value is -1.97. The van der Waals surface area contributed by atoms with Gasteiger partial charge < -0.3 is 10.0 Å². The molecule has 9 nitrogen and oxygen atoms in total. The van der Waals surface area contributed by atoms with Crippen molar-refractivity contribution in [3.63, 3.8) is 0 Å². The van der Waals surface area contributed by atoms with Crippen LogP contribution in [-0.4, -0.2) is 61.5 Å². The Kier molecular flexibility index (Phi) is 2.46. The van der Waals surface area contributed by atoms with Crippen LogP contribution in [-0.2, 0) is 26.0 Å². The number of sulfone groups is 1. The van der Waals surface area contributed by atoms with E-state index < -0.39 is 37.9 Å². The molecule has 2 aliphatic rings. The second-order valence-corrected chi connectivity index (χ2v) is 7.73. The summed E-state index contributed by atoms with van der Waals surface area (Å²) in [6, 6.07) is -1.40. The first-order chi connectivity index (χ1) is 9.29. The highest BCUT2D eigenvalue weighted by molar-refractivity contribution is 7.93. The van der Waals surface area contributed by atoms with E-state index in [1.54, 1.807) is 0 Å². The van der Waals surface area contributed by atoms with E-state index in [1.165, 1.54) is 24.0 Å². The van der Waals surface area contributed by atoms with Gasteiger partial charge in [-0.1, -0.05) is 5.21 Å². The molecule has 0 aliphatic carbocycles. The van der Waals surface area contributed by atoms with E-state index in [9.17, 15) is 23.1 Å². The maximum absolute atomic E-state index is 12.5. The van der Waals surface area contributed by atoms with E-state index in [0.29, 0.717) is 0 Å². The van der Waals surface area contributed by atoms with Crippen molar-refractivity contribution in [3.8, 4) is 0 Å². The summed E-state index contributed by atoms with van der Waals surface area (Å²) < 4.78 is 24.7. The average Bonchev–Trinajstić information content (AvgIpc) is 2.87. The molecular weight excluding hydrogens is 288 g/mol. The number of carbonyl (C=O) groups is 2. The second-order valence-electron chi connectivity index (χ2n) is 5.16. The molecule has 2 aliphatic heterocycles. The molecule has 2 saturated heterocycles. The van der Waals surface area contributed by atoms with Crippen LogP contribution in [0.15, 0.2) is 12.4 Å². The molecule has 3 heterocycles. The van der Waals surface area contributed by atoms with Crippen LogP contribution >= 0.6 is 0 Å². The Balaban J connectivity index is 2.10. The largest absolute Gasteiger partial charge is 0.480 e. The molecule has 10 heteroatoms. The Labute approximate surface area is 114 Å². The maximum atomic E-state index is 12.5. The van der Waals surface area contributed by atoms with E-state index >= 15 is 0 Å². The van der Waals surface area contributed by atoms with Crippen molar-refractivity contribution in [2.45, 2.75) is 36.1 Å². The van der Waals surface area contributed by atoms with E-state index in [4.69, 9.17) is 0 Å². The molecule has 0 spiro atoms. The van der Waals surface area contributed by atoms with Gasteiger partial charge in [0.1, 0.15) is 10.1 Å². The molecule has 1 amide bonds. The summed E-state index contributed by atoms with van der Waals surface area (Å²) in [5.41, 5.74) is 0. The number of carboxylic acid groups (broad SMARTS) is 1. The normalized spacial score (nSPS) is 34.6. The smallest absolute Gasteiger partial charge is 0.328 e. The average molecular weight is 300 g/mol. The van der Waals surface area contributed by atoms with Crippen molar-refractivity contribution in [1.29, 1.82) is 0 Å². The Morgan fingerprint density at radius 2 is 2.30 bits per heavy atom. The van der Waals surface area contributed by atoms with Crippen LogP contribution in [0.4, 0.5) is 0 Å². The predicted molar refractivity (Wildman–Crippen MR) is 64.0 cm³/mol. The fourth-order valence-electron chi connectivity index (χ4n) is 2.93. The first-order valence-electron chi connectivity index (χ1n) is 5.90. The lowest BCUT2D eigenvalue weighted by atomic mass is 9.96. The lowest BCUT2D eigenvalue weighted by Crippen LogP contribution is -2.58. The van der Waals surface area contributed by atoms with Gasteiger partial charge in [0.25, 0.3) is 0 Å². The topological polar surface area (TPSA) is 122 Å². The predicted octanol–water partition coefficient (Wildman–Crippen LogP) is -1.52. The molecule has 0 radical (unpaired) electrons. The summed E-state index contributed by atoms with van der Waals surface area (Å²) in [6.45, 7) is 1.18. The van der Waals surface area contributed by atoms with Gasteiger partial charge in [-0.25, -0.2) is 13.2 Å². The number of fused-ring (bicyclic) bond motifs is 1. The quantitative estimate of drug-likeness (QED) is 0.672. The molecule has 20 heavy (non-hydrogen) atoms. The highest BCUT2D eigenvalue weighted by Gasteiger charge is 2.70. The number of amides is 1. The number of carboxylic acids is 1. The highest BCUT2D eigenvalue weighted by atomic mass is 32.2. The highest BCUT2D eigenvalue weighted by Crippen LogP contribution is 2.46. The van der Waals surface area contributed by atoms with Crippen molar-refractivity contribution >= 4 is 21.7 Å². The third-order valence-electron chi connectivity index (χ3n) is 3.99. The lowest BCUT2D eigenvalue weighted by molar-refractivity contribution is -0.157. The number of aromatic nitrogens is 3. The number of hydrogen-bond donors (Lipinski definition) is 1. The molecular formula is C10H12N4O5S. The summed E-state index contributed by atoms with van der Waals surface area (Å²) in [4.78, 5) is 24.0. The summed E-state index contributed by atoms with van der Waals surface area (Å²) in [6.07, 6.45) is 2.68. The molecule has 108 valence electrons. The minimum absolute atomic E-state index is 0.154. The third-order valence-corrected chi connectivity index (χ3v) is 6.76. The lowest BCUT2D eigenvalue weighted by Gasteiger charge is -2.35. The summed E-state index contributed by atoms with van der Waals surface area (Å²) in [7, 11) is -3.80. The van der Waals surface area contributed by atoms with Crippen molar-refractivity contribution < 1.29 is 23.1 Å². The zero-order valence-electron chi connectivity index (χ0n) is 10.5. The third kappa shape index (κ3) is 1.39. The van der Waals surface area contributed by atoms with Crippen LogP contribution in [0.1, 0.15) is 13.3 Å². The number of hydrogen-bond acceptors (Lipinski definition) is 6. The van der Waals surface area contributed by atoms with Crippen LogP contribution in [0.3, 0.4) is 0 Å². The molecule has 3 rings (SSSR count). The Morgan fingerprint density at radius 1 is 1.60 bits per heavy atom. The van der Waals surface area contributed by atoms with Crippen molar-refractivity contribution in [3.05, 3.63) is 12.4 Å². The van der Waals surface area contributed by atoms with Gasteiger partial charge >= 0.3 is 5.97 Å². The SMILES string of the molecule is CC1(Cn2ccnn2)[C@@H](C(=O)O)N2C(=O)CC2S1(=O)=O. The zero-order valence-corrected chi connectivity index (χ0v) is 11.3. The molecule has 3 atom stereocenters. The minimum atomic E-state index is -3.80. The van der Waals surface area contributed by atoms with E-state index in [2.05, 4.69) is 10.3 Å². The van der Waals surface area contributed by atoms with Crippen molar-refractivity contribution in [2.75, 3.05) is 0 Å². The fourth-order valence-corrected chi connectivity index (χ4v) is 5.29. The summed E-state index contributed by atoms with van der Waals surface area (Å²) in [5, 5.41) is 15.6. The molecule has 0 saturated carbocycles. The van der Waals surface area contributed by atoms with Crippen LogP contribution in [0, 0.1) is 0 Å². The van der Waals surface area contributed by atoms with Crippen molar-refractivity contribution in [1.82, 2.24) is 19.9 Å². The maximum Gasteiger partial charge on any atom is 0.328 e. The van der Waals surface area contributed by atoms with Gasteiger partial charge in [0.05, 0.1) is 19.2 Å². The standard InChI is InChI=1S/C10H12N4O5S/c1-10(5-13-3-2-11-12-13)8(9(16)17)14-6(15)4-7(14)20(10,18)19/h2-3,7-8H,4-5H2,1H3,(H,16,17)/t7?,8-,10?/m1/s1. The molecule has 1 N–H and O–H groups in total. The molecule has 1 aromatic heterocycles. The minimum Gasteiger partial charge on any atom is -0.480 e. The number of β-lactam (4-membered cyclic amide) rings is 1. The van der Waals surface area contributed by atoms with Gasteiger partial charge in [-0.15, -0.1) is 5.10 Å². The molecule has 0 aromatic carbocycles. The fraction of sp³-hybridized carbons (Fsp3) is 0.600. The first kappa shape index (κ1) is 13.0. The molecule has 0 bridgehead atoms. The number of nitrogens with zero attached hydrogens (tertiary/aromatic N) is 4. The van der Waals surface area contributed by atoms with Gasteiger partial charge in [-0.2, -0.15) is 0 Å². The molecule has 2 unspecified atom stereocenters. The van der Waals surface area contributed by atoms with E-state index in [1.807, 2.05) is 0 Å². The van der Waals surface area contributed by atoms with Gasteiger partial charge in [-0.3, -0.25) is 9.48 Å². The monoisotopic (exact) mass is 300 g/mol. The van der Waals surface area contributed by atoms with Gasteiger partial charge in [-0.05, 0) is 6.92 Å². The number of carbonyl (C=O) groups excluding carboxylic acids is 1. The van der Waals surface area contributed by atoms with Crippen molar-refractivity contribution in [2.24, 2.45) is 0 Å². The molecule has 2 fully saturated rings. The molecule has 1 aromatic rings. The number of rotatable bonds is 3. The van der Waals surface area contributed by atoms with E-state index in [-0.39, 0.29) is 13.0 Å². The van der Waals surface area contributed by atoms with Crippen LogP contribution in [0.5, 0.6) is 0 Å². The first-order valence-corrected chi connectivity index (χ1v) is 7.45. The Bertz CT molecular complexity index is 685. The second kappa shape index (κ2) is 3.78. The van der Waals surface area contributed by atoms with Crippen LogP contribution < -0.4 is 0 Å². The van der Waals surface area contributed by atoms with E-state index in [0.717, 1.165) is 4.90 Å². The summed E-state index contributed by atoms with van der Waals surface area (Å²) >= 11 is 0. The van der Waals surface area contributed by atoms with Crippen LogP contribution in [0.2, 0.25) is 0 Å². The Morgan fingerprint density at radius 3 is 2.80 bits per heavy atom. The van der Waals surface area contributed by atoms with Gasteiger partial charge in [0, 0.05) is 6.20 Å². The summed E-state index contributed by atoms with van der Waals surface area (Å²) in [5.74, 6) is -1.78. The van der Waals surface area contributed by atoms with Crippen LogP contribution in [0.25, 0.3) is 0 Å². The zero-order chi connectivity index (χ0) is 14.7. The van der Waals surface area contributed by atoms with Gasteiger partial charge in [0.15, 0.2) is 15.9 Å².